The minimum absolute atomic E-state index is 0. The quantitative estimate of drug-likeness (QED) is 0.769. The molecule has 0 bridgehead atoms. The molecule has 0 atom stereocenters. The van der Waals surface area contributed by atoms with Gasteiger partial charge in [0.15, 0.2) is 0 Å². The number of nitrogens with zero attached hydrogens (tertiary/aromatic N) is 2. The number of benzene rings is 1. The summed E-state index contributed by atoms with van der Waals surface area (Å²) >= 11 is 0. The molecule has 0 saturated heterocycles. The summed E-state index contributed by atoms with van der Waals surface area (Å²) in [5, 5.41) is 4.12. The highest BCUT2D eigenvalue weighted by atomic mass is 35.5. The lowest BCUT2D eigenvalue weighted by atomic mass is 10.2. The van der Waals surface area contributed by atoms with Crippen molar-refractivity contribution >= 4 is 18.1 Å². The number of hydrogen-bond acceptors (Lipinski definition) is 2. The molecule has 0 aliphatic carbocycles. The first-order chi connectivity index (χ1) is 6.34. The van der Waals surface area contributed by atoms with Crippen LogP contribution in [0.1, 0.15) is 5.56 Å². The molecule has 1 aromatic carbocycles. The van der Waals surface area contributed by atoms with Crippen molar-refractivity contribution in [3.63, 3.8) is 0 Å². The summed E-state index contributed by atoms with van der Waals surface area (Å²) in [4.78, 5) is 0. The summed E-state index contributed by atoms with van der Waals surface area (Å²) in [5.41, 5.74) is 7.62. The molecule has 0 radical (unpaired) electrons. The predicted molar refractivity (Wildman–Crippen MR) is 59.4 cm³/mol. The Morgan fingerprint density at radius 3 is 2.79 bits per heavy atom. The lowest BCUT2D eigenvalue weighted by Gasteiger charge is -2.02. The Morgan fingerprint density at radius 1 is 1.29 bits per heavy atom. The van der Waals surface area contributed by atoms with E-state index in [2.05, 4.69) is 5.10 Å². The largest absolute Gasteiger partial charge is 0.399 e. The maximum Gasteiger partial charge on any atom is 0.0660 e. The van der Waals surface area contributed by atoms with Crippen LogP contribution in [0.25, 0.3) is 0 Å². The van der Waals surface area contributed by atoms with E-state index >= 15 is 0 Å². The van der Waals surface area contributed by atoms with Crippen LogP contribution in [0.4, 0.5) is 5.69 Å². The summed E-state index contributed by atoms with van der Waals surface area (Å²) in [6, 6.07) is 9.74. The number of rotatable bonds is 2. The molecule has 2 rings (SSSR count). The first-order valence-electron chi connectivity index (χ1n) is 4.16. The normalized spacial score (nSPS) is 9.43. The molecular formula is C10H12ClN3. The average molecular weight is 210 g/mol. The van der Waals surface area contributed by atoms with Crippen molar-refractivity contribution in [2.45, 2.75) is 6.54 Å². The Hall–Kier alpha value is -1.48. The van der Waals surface area contributed by atoms with E-state index in [1.165, 1.54) is 5.56 Å². The molecule has 2 aromatic rings. The third-order valence-corrected chi connectivity index (χ3v) is 1.85. The molecule has 4 heteroatoms. The van der Waals surface area contributed by atoms with Crippen LogP contribution in [0.5, 0.6) is 0 Å². The molecule has 74 valence electrons. The van der Waals surface area contributed by atoms with Gasteiger partial charge in [0.25, 0.3) is 0 Å². The Morgan fingerprint density at radius 2 is 2.14 bits per heavy atom. The van der Waals surface area contributed by atoms with E-state index in [1.807, 2.05) is 41.2 Å². The predicted octanol–water partition coefficient (Wildman–Crippen LogP) is 1.94. The maximum absolute atomic E-state index is 5.66. The number of hydrogen-bond donors (Lipinski definition) is 1. The Balaban J connectivity index is 0.000000980. The fraction of sp³-hybridized carbons (Fsp3) is 0.100. The molecule has 0 amide bonds. The minimum atomic E-state index is 0. The van der Waals surface area contributed by atoms with Gasteiger partial charge < -0.3 is 5.73 Å². The average Bonchev–Trinajstić information content (AvgIpc) is 2.57. The summed E-state index contributed by atoms with van der Waals surface area (Å²) < 4.78 is 1.87. The molecule has 3 nitrogen and oxygen atoms in total. The van der Waals surface area contributed by atoms with E-state index < -0.39 is 0 Å². The van der Waals surface area contributed by atoms with Crippen LogP contribution in [-0.4, -0.2) is 9.78 Å². The van der Waals surface area contributed by atoms with Crippen molar-refractivity contribution in [1.29, 1.82) is 0 Å². The Labute approximate surface area is 89.0 Å². The number of aromatic nitrogens is 2. The standard InChI is InChI=1S/C10H11N3.ClH/c11-10-4-1-3-9(7-10)8-13-6-2-5-12-13;/h1-7H,8,11H2;1H. The zero-order valence-electron chi connectivity index (χ0n) is 7.63. The molecule has 0 aliphatic heterocycles. The number of nitrogens with two attached hydrogens (primary N) is 1. The zero-order chi connectivity index (χ0) is 9.10. The van der Waals surface area contributed by atoms with Crippen molar-refractivity contribution in [2.24, 2.45) is 0 Å². The van der Waals surface area contributed by atoms with E-state index in [-0.39, 0.29) is 12.4 Å². The SMILES string of the molecule is Cl.Nc1cccc(Cn2cccn2)c1. The van der Waals surface area contributed by atoms with E-state index in [1.54, 1.807) is 6.20 Å². The van der Waals surface area contributed by atoms with Crippen LogP contribution in [-0.2, 0) is 6.54 Å². The molecular weight excluding hydrogens is 198 g/mol. The number of anilines is 1. The van der Waals surface area contributed by atoms with Crippen LogP contribution >= 0.6 is 12.4 Å². The van der Waals surface area contributed by atoms with Gasteiger partial charge >= 0.3 is 0 Å². The first-order valence-corrected chi connectivity index (χ1v) is 4.16. The van der Waals surface area contributed by atoms with E-state index in [0.29, 0.717) is 0 Å². The molecule has 14 heavy (non-hydrogen) atoms. The minimum Gasteiger partial charge on any atom is -0.399 e. The monoisotopic (exact) mass is 209 g/mol. The van der Waals surface area contributed by atoms with Gasteiger partial charge in [-0.3, -0.25) is 4.68 Å². The molecule has 2 N–H and O–H groups in total. The highest BCUT2D eigenvalue weighted by molar-refractivity contribution is 5.85. The van der Waals surface area contributed by atoms with Crippen LogP contribution in [0, 0.1) is 0 Å². The Kier molecular flexibility index (Phi) is 3.54. The summed E-state index contributed by atoms with van der Waals surface area (Å²) in [5.74, 6) is 0. The highest BCUT2D eigenvalue weighted by Gasteiger charge is 1.94. The molecule has 0 unspecified atom stereocenters. The van der Waals surface area contributed by atoms with Crippen LogP contribution in [0.2, 0.25) is 0 Å². The van der Waals surface area contributed by atoms with Gasteiger partial charge in [-0.15, -0.1) is 12.4 Å². The third-order valence-electron chi connectivity index (χ3n) is 1.85. The number of nitrogen functional groups attached to an aromatic ring is 1. The van der Waals surface area contributed by atoms with Gasteiger partial charge in [-0.1, -0.05) is 12.1 Å². The second kappa shape index (κ2) is 4.67. The molecule has 0 aliphatic rings. The van der Waals surface area contributed by atoms with E-state index in [0.717, 1.165) is 12.2 Å². The zero-order valence-corrected chi connectivity index (χ0v) is 8.45. The second-order valence-electron chi connectivity index (χ2n) is 2.95. The van der Waals surface area contributed by atoms with Crippen LogP contribution in [0.3, 0.4) is 0 Å². The van der Waals surface area contributed by atoms with Crippen molar-refractivity contribution in [3.05, 3.63) is 48.3 Å². The lowest BCUT2D eigenvalue weighted by molar-refractivity contribution is 0.687. The smallest absolute Gasteiger partial charge is 0.0660 e. The fourth-order valence-electron chi connectivity index (χ4n) is 1.27. The summed E-state index contributed by atoms with van der Waals surface area (Å²) in [6.07, 6.45) is 3.70. The second-order valence-corrected chi connectivity index (χ2v) is 2.95. The molecule has 0 saturated carbocycles. The molecule has 0 fully saturated rings. The van der Waals surface area contributed by atoms with Crippen LogP contribution in [0.15, 0.2) is 42.7 Å². The summed E-state index contributed by atoms with van der Waals surface area (Å²) in [6.45, 7) is 0.776. The van der Waals surface area contributed by atoms with Gasteiger partial charge in [0, 0.05) is 18.1 Å². The maximum atomic E-state index is 5.66. The van der Waals surface area contributed by atoms with Gasteiger partial charge in [-0.25, -0.2) is 0 Å². The van der Waals surface area contributed by atoms with E-state index in [4.69, 9.17) is 5.73 Å². The first kappa shape index (κ1) is 10.6. The van der Waals surface area contributed by atoms with Crippen molar-refractivity contribution in [2.75, 3.05) is 5.73 Å². The van der Waals surface area contributed by atoms with Gasteiger partial charge in [0.2, 0.25) is 0 Å². The summed E-state index contributed by atoms with van der Waals surface area (Å²) in [7, 11) is 0. The fourth-order valence-corrected chi connectivity index (χ4v) is 1.27. The lowest BCUT2D eigenvalue weighted by Crippen LogP contribution is -2.00. The number of halogens is 1. The van der Waals surface area contributed by atoms with Crippen molar-refractivity contribution in [3.8, 4) is 0 Å². The molecule has 0 spiro atoms. The topological polar surface area (TPSA) is 43.8 Å². The highest BCUT2D eigenvalue weighted by Crippen LogP contribution is 2.07. The van der Waals surface area contributed by atoms with Gasteiger partial charge in [-0.05, 0) is 23.8 Å². The van der Waals surface area contributed by atoms with Crippen molar-refractivity contribution in [1.82, 2.24) is 9.78 Å². The van der Waals surface area contributed by atoms with Gasteiger partial charge in [-0.2, -0.15) is 5.10 Å². The van der Waals surface area contributed by atoms with E-state index in [9.17, 15) is 0 Å². The van der Waals surface area contributed by atoms with Gasteiger partial charge in [0.1, 0.15) is 0 Å². The Bertz CT molecular complexity index is 384. The molecule has 1 heterocycles. The molecule has 1 aromatic heterocycles. The van der Waals surface area contributed by atoms with Gasteiger partial charge in [0.05, 0.1) is 6.54 Å². The van der Waals surface area contributed by atoms with Crippen LogP contribution < -0.4 is 5.73 Å². The van der Waals surface area contributed by atoms with Crippen molar-refractivity contribution < 1.29 is 0 Å². The third kappa shape index (κ3) is 2.50.